The van der Waals surface area contributed by atoms with Crippen molar-refractivity contribution in [2.24, 2.45) is 0 Å². The minimum atomic E-state index is 0.954. The molecule has 21 heavy (non-hydrogen) atoms. The average molecular weight is 272 g/mol. The molecule has 0 saturated carbocycles. The Morgan fingerprint density at radius 3 is 2.43 bits per heavy atom. The lowest BCUT2D eigenvalue weighted by Crippen LogP contribution is -1.85. The number of pyridine rings is 1. The van der Waals surface area contributed by atoms with E-state index in [0.717, 1.165) is 27.9 Å². The summed E-state index contributed by atoms with van der Waals surface area (Å²) in [6.07, 6.45) is 5.44. The van der Waals surface area contributed by atoms with Gasteiger partial charge in [0.05, 0.1) is 17.9 Å². The van der Waals surface area contributed by atoms with E-state index in [1.54, 1.807) is 12.4 Å². The van der Waals surface area contributed by atoms with Crippen molar-refractivity contribution in [3.05, 3.63) is 73.2 Å². The van der Waals surface area contributed by atoms with E-state index in [-0.39, 0.29) is 0 Å². The van der Waals surface area contributed by atoms with Crippen LogP contribution in [-0.2, 0) is 0 Å². The van der Waals surface area contributed by atoms with Crippen molar-refractivity contribution in [3.8, 4) is 22.4 Å². The van der Waals surface area contributed by atoms with Gasteiger partial charge in [0.1, 0.15) is 5.69 Å². The zero-order chi connectivity index (χ0) is 14.1. The molecular formula is C17H12N4. The van der Waals surface area contributed by atoms with E-state index in [2.05, 4.69) is 28.4 Å². The van der Waals surface area contributed by atoms with E-state index in [9.17, 15) is 0 Å². The molecule has 1 aromatic carbocycles. The molecule has 3 heterocycles. The quantitative estimate of drug-likeness (QED) is 0.561. The van der Waals surface area contributed by atoms with Gasteiger partial charge in [0.2, 0.25) is 0 Å². The topological polar surface area (TPSA) is 43.1 Å². The molecular weight excluding hydrogens is 260 g/mol. The highest BCUT2D eigenvalue weighted by Crippen LogP contribution is 2.34. The smallest absolute Gasteiger partial charge is 0.101 e. The zero-order valence-corrected chi connectivity index (χ0v) is 11.2. The highest BCUT2D eigenvalue weighted by molar-refractivity contribution is 5.91. The summed E-state index contributed by atoms with van der Waals surface area (Å²) in [5.74, 6) is 0. The molecule has 0 radical (unpaired) electrons. The van der Waals surface area contributed by atoms with Crippen molar-refractivity contribution in [1.29, 1.82) is 0 Å². The highest BCUT2D eigenvalue weighted by Gasteiger charge is 2.15. The molecule has 0 atom stereocenters. The molecule has 100 valence electrons. The molecule has 0 aliphatic carbocycles. The summed E-state index contributed by atoms with van der Waals surface area (Å²) in [6, 6.07) is 18.2. The zero-order valence-electron chi connectivity index (χ0n) is 11.2. The Morgan fingerprint density at radius 2 is 1.62 bits per heavy atom. The lowest BCUT2D eigenvalue weighted by Gasteiger charge is -2.02. The Hall–Kier alpha value is -3.01. The Labute approximate surface area is 121 Å². The molecule has 3 aromatic heterocycles. The fourth-order valence-electron chi connectivity index (χ4n) is 2.52. The number of nitrogens with zero attached hydrogens (tertiary/aromatic N) is 4. The minimum absolute atomic E-state index is 0.954. The minimum Gasteiger partial charge on any atom is -0.240 e. The third-order valence-corrected chi connectivity index (χ3v) is 3.46. The molecule has 0 fully saturated rings. The number of hydrogen-bond acceptors (Lipinski definition) is 3. The summed E-state index contributed by atoms with van der Waals surface area (Å²) in [6.45, 7) is 0. The summed E-state index contributed by atoms with van der Waals surface area (Å²) < 4.78 is 1.90. The Kier molecular flexibility index (Phi) is 2.71. The maximum atomic E-state index is 4.73. The summed E-state index contributed by atoms with van der Waals surface area (Å²) in [5, 5.41) is 12.6. The van der Waals surface area contributed by atoms with Crippen LogP contribution in [0.1, 0.15) is 0 Å². The molecule has 4 nitrogen and oxygen atoms in total. The third kappa shape index (κ3) is 1.97. The second kappa shape index (κ2) is 4.83. The molecule has 0 spiro atoms. The summed E-state index contributed by atoms with van der Waals surface area (Å²) in [5.41, 5.74) is 5.20. The van der Waals surface area contributed by atoms with Crippen LogP contribution in [0.15, 0.2) is 73.2 Å². The fraction of sp³-hybridized carbons (Fsp3) is 0. The highest BCUT2D eigenvalue weighted by atomic mass is 15.2. The maximum Gasteiger partial charge on any atom is 0.101 e. The molecule has 0 bridgehead atoms. The van der Waals surface area contributed by atoms with Gasteiger partial charge in [-0.2, -0.15) is 15.3 Å². The van der Waals surface area contributed by atoms with Crippen molar-refractivity contribution in [1.82, 2.24) is 19.8 Å². The second-order valence-corrected chi connectivity index (χ2v) is 4.75. The fourth-order valence-corrected chi connectivity index (χ4v) is 2.52. The van der Waals surface area contributed by atoms with Crippen molar-refractivity contribution in [2.75, 3.05) is 0 Å². The van der Waals surface area contributed by atoms with Crippen molar-refractivity contribution < 1.29 is 0 Å². The normalized spacial score (nSPS) is 10.9. The van der Waals surface area contributed by atoms with Gasteiger partial charge in [0, 0.05) is 22.9 Å². The van der Waals surface area contributed by atoms with E-state index >= 15 is 0 Å². The Bertz CT molecular complexity index is 882. The second-order valence-electron chi connectivity index (χ2n) is 4.75. The van der Waals surface area contributed by atoms with Crippen LogP contribution in [0.3, 0.4) is 0 Å². The van der Waals surface area contributed by atoms with Gasteiger partial charge in [-0.25, -0.2) is 4.52 Å². The summed E-state index contributed by atoms with van der Waals surface area (Å²) in [7, 11) is 0. The molecule has 4 aromatic rings. The lowest BCUT2D eigenvalue weighted by atomic mass is 10.0. The number of rotatable bonds is 2. The van der Waals surface area contributed by atoms with Gasteiger partial charge >= 0.3 is 0 Å². The molecule has 0 saturated heterocycles. The first-order valence-corrected chi connectivity index (χ1v) is 6.73. The molecule has 0 amide bonds. The number of hydrogen-bond donors (Lipinski definition) is 0. The molecule has 4 heteroatoms. The van der Waals surface area contributed by atoms with E-state index in [1.165, 1.54) is 0 Å². The first kappa shape index (κ1) is 11.8. The van der Waals surface area contributed by atoms with Crippen molar-refractivity contribution in [2.45, 2.75) is 0 Å². The third-order valence-electron chi connectivity index (χ3n) is 3.46. The number of fused-ring (bicyclic) bond motifs is 1. The van der Waals surface area contributed by atoms with E-state index < -0.39 is 0 Å². The predicted molar refractivity (Wildman–Crippen MR) is 81.7 cm³/mol. The maximum absolute atomic E-state index is 4.73. The molecule has 0 unspecified atom stereocenters. The van der Waals surface area contributed by atoms with Gasteiger partial charge in [-0.05, 0) is 18.2 Å². The summed E-state index contributed by atoms with van der Waals surface area (Å²) >= 11 is 0. The Balaban J connectivity index is 2.07. The van der Waals surface area contributed by atoms with Crippen LogP contribution in [0.25, 0.3) is 27.9 Å². The largest absolute Gasteiger partial charge is 0.240 e. The molecule has 0 N–H and O–H groups in total. The SMILES string of the molecule is c1ccc(-c2nn3ccccc3c2-c2ccnnc2)cc1. The van der Waals surface area contributed by atoms with E-state index in [0.29, 0.717) is 0 Å². The van der Waals surface area contributed by atoms with Crippen molar-refractivity contribution >= 4 is 5.52 Å². The van der Waals surface area contributed by atoms with Gasteiger partial charge in [-0.1, -0.05) is 36.4 Å². The van der Waals surface area contributed by atoms with Crippen LogP contribution < -0.4 is 0 Å². The molecule has 4 rings (SSSR count). The van der Waals surface area contributed by atoms with Gasteiger partial charge in [0.15, 0.2) is 0 Å². The van der Waals surface area contributed by atoms with E-state index in [4.69, 9.17) is 5.10 Å². The van der Waals surface area contributed by atoms with E-state index in [1.807, 2.05) is 47.1 Å². The van der Waals surface area contributed by atoms with Crippen LogP contribution in [0.2, 0.25) is 0 Å². The van der Waals surface area contributed by atoms with Crippen LogP contribution in [-0.4, -0.2) is 19.8 Å². The van der Waals surface area contributed by atoms with Crippen molar-refractivity contribution in [3.63, 3.8) is 0 Å². The first-order valence-electron chi connectivity index (χ1n) is 6.73. The standard InChI is InChI=1S/C17H12N4/c1-2-6-13(7-3-1)17-16(14-9-10-18-19-12-14)15-8-4-5-11-21(15)20-17/h1-12H. The predicted octanol–water partition coefficient (Wildman–Crippen LogP) is 3.46. The monoisotopic (exact) mass is 272 g/mol. The first-order chi connectivity index (χ1) is 10.4. The van der Waals surface area contributed by atoms with Crippen LogP contribution in [0.5, 0.6) is 0 Å². The molecule has 0 aliphatic heterocycles. The average Bonchev–Trinajstić information content (AvgIpc) is 2.96. The summed E-state index contributed by atoms with van der Waals surface area (Å²) in [4.78, 5) is 0. The van der Waals surface area contributed by atoms with Crippen LogP contribution in [0, 0.1) is 0 Å². The van der Waals surface area contributed by atoms with Gasteiger partial charge in [0.25, 0.3) is 0 Å². The van der Waals surface area contributed by atoms with Crippen LogP contribution >= 0.6 is 0 Å². The number of benzene rings is 1. The molecule has 0 aliphatic rings. The number of aromatic nitrogens is 4. The van der Waals surface area contributed by atoms with Gasteiger partial charge in [-0.3, -0.25) is 0 Å². The van der Waals surface area contributed by atoms with Gasteiger partial charge < -0.3 is 0 Å². The van der Waals surface area contributed by atoms with Gasteiger partial charge in [-0.15, -0.1) is 0 Å². The lowest BCUT2D eigenvalue weighted by molar-refractivity contribution is 0.966. The Morgan fingerprint density at radius 1 is 0.762 bits per heavy atom. The van der Waals surface area contributed by atoms with Crippen LogP contribution in [0.4, 0.5) is 0 Å².